The first-order valence-corrected chi connectivity index (χ1v) is 10.8. The average molecular weight is 396 g/mol. The fourth-order valence-electron chi connectivity index (χ4n) is 3.35. The van der Waals surface area contributed by atoms with E-state index in [2.05, 4.69) is 5.32 Å². The molecule has 2 heterocycles. The van der Waals surface area contributed by atoms with Crippen molar-refractivity contribution < 1.29 is 9.53 Å². The molecule has 0 bridgehead atoms. The summed E-state index contributed by atoms with van der Waals surface area (Å²) in [6.45, 7) is 4.87. The van der Waals surface area contributed by atoms with Crippen LogP contribution in [0.1, 0.15) is 37.1 Å². The molecule has 3 rings (SSSR count). The van der Waals surface area contributed by atoms with Crippen LogP contribution in [0.25, 0.3) is 10.2 Å². The Balaban J connectivity index is 1.84. The molecule has 1 N–H and O–H groups in total. The molecule has 1 unspecified atom stereocenters. The van der Waals surface area contributed by atoms with E-state index in [1.807, 2.05) is 13.8 Å². The monoisotopic (exact) mass is 395 g/mol. The van der Waals surface area contributed by atoms with Crippen LogP contribution in [0.15, 0.2) is 9.95 Å². The number of hydrogen-bond acceptors (Lipinski definition) is 6. The first-order chi connectivity index (χ1) is 12.5. The zero-order valence-electron chi connectivity index (χ0n) is 15.5. The lowest BCUT2D eigenvalue weighted by Gasteiger charge is -2.14. The van der Waals surface area contributed by atoms with E-state index < -0.39 is 0 Å². The van der Waals surface area contributed by atoms with Crippen LogP contribution in [0.3, 0.4) is 0 Å². The lowest BCUT2D eigenvalue weighted by molar-refractivity contribution is -0.119. The summed E-state index contributed by atoms with van der Waals surface area (Å²) in [6.07, 6.45) is 4.34. The number of aryl methyl sites for hydroxylation is 2. The number of amides is 1. The summed E-state index contributed by atoms with van der Waals surface area (Å²) in [6, 6.07) is -0.0408. The summed E-state index contributed by atoms with van der Waals surface area (Å²) < 4.78 is 6.72. The summed E-state index contributed by atoms with van der Waals surface area (Å²) in [5.41, 5.74) is 1.24. The van der Waals surface area contributed by atoms with Crippen LogP contribution in [0.5, 0.6) is 0 Å². The number of carbonyl (C=O) groups excluding carboxylic acids is 1. The number of fused-ring (bicyclic) bond motifs is 3. The van der Waals surface area contributed by atoms with Gasteiger partial charge in [-0.3, -0.25) is 14.2 Å². The van der Waals surface area contributed by atoms with Gasteiger partial charge in [0.15, 0.2) is 5.16 Å². The van der Waals surface area contributed by atoms with E-state index in [4.69, 9.17) is 9.72 Å². The van der Waals surface area contributed by atoms with Gasteiger partial charge >= 0.3 is 0 Å². The molecule has 1 atom stereocenters. The molecule has 1 amide bonds. The van der Waals surface area contributed by atoms with Crippen LogP contribution >= 0.6 is 23.1 Å². The Bertz CT molecular complexity index is 859. The van der Waals surface area contributed by atoms with Gasteiger partial charge in [0.25, 0.3) is 5.56 Å². The van der Waals surface area contributed by atoms with Gasteiger partial charge in [0.05, 0.1) is 17.7 Å². The quantitative estimate of drug-likeness (QED) is 0.576. The van der Waals surface area contributed by atoms with E-state index >= 15 is 0 Å². The van der Waals surface area contributed by atoms with Crippen molar-refractivity contribution in [1.82, 2.24) is 14.9 Å². The number of rotatable bonds is 7. The number of nitrogens with zero attached hydrogens (tertiary/aromatic N) is 2. The zero-order valence-corrected chi connectivity index (χ0v) is 17.1. The summed E-state index contributed by atoms with van der Waals surface area (Å²) in [5, 5.41) is 4.31. The normalized spacial score (nSPS) is 15.0. The molecule has 0 spiro atoms. The molecule has 8 heteroatoms. The summed E-state index contributed by atoms with van der Waals surface area (Å²) in [7, 11) is 1.61. The number of thioether (sulfide) groups is 1. The van der Waals surface area contributed by atoms with E-state index in [0.29, 0.717) is 18.3 Å². The lowest BCUT2D eigenvalue weighted by atomic mass is 9.97. The molecule has 0 fully saturated rings. The van der Waals surface area contributed by atoms with Gasteiger partial charge in [0.1, 0.15) is 4.83 Å². The van der Waals surface area contributed by atoms with Crippen molar-refractivity contribution in [1.29, 1.82) is 0 Å². The fourth-order valence-corrected chi connectivity index (χ4v) is 5.52. The van der Waals surface area contributed by atoms with Crippen molar-refractivity contribution in [3.8, 4) is 0 Å². The van der Waals surface area contributed by atoms with E-state index in [1.165, 1.54) is 28.6 Å². The standard InChI is InChI=1S/C18H25N3O3S2/c1-4-21-17(23)15-12-7-5-6-8-13(12)26-16(15)20-18(21)25-10-14(22)19-11(2)9-24-3/h11H,4-10H2,1-3H3,(H,19,22). The van der Waals surface area contributed by atoms with E-state index in [9.17, 15) is 9.59 Å². The summed E-state index contributed by atoms with van der Waals surface area (Å²) in [5.74, 6) is 0.152. The molecule has 0 aliphatic heterocycles. The van der Waals surface area contributed by atoms with E-state index in [1.54, 1.807) is 23.0 Å². The number of ether oxygens (including phenoxy) is 1. The number of nitrogens with one attached hydrogen (secondary N) is 1. The molecule has 1 aliphatic carbocycles. The number of hydrogen-bond donors (Lipinski definition) is 1. The Kier molecular flexibility index (Phi) is 6.37. The van der Waals surface area contributed by atoms with Gasteiger partial charge in [-0.2, -0.15) is 0 Å². The van der Waals surface area contributed by atoms with Crippen LogP contribution in [0, 0.1) is 0 Å². The van der Waals surface area contributed by atoms with Gasteiger partial charge in [-0.25, -0.2) is 4.98 Å². The van der Waals surface area contributed by atoms with Gasteiger partial charge in [0.2, 0.25) is 5.91 Å². The number of thiophene rings is 1. The van der Waals surface area contributed by atoms with Crippen molar-refractivity contribution >= 4 is 39.2 Å². The molecule has 2 aromatic heterocycles. The third kappa shape index (κ3) is 3.97. The first kappa shape index (κ1) is 19.4. The second kappa shape index (κ2) is 8.54. The average Bonchev–Trinajstić information content (AvgIpc) is 2.98. The predicted molar refractivity (Wildman–Crippen MR) is 106 cm³/mol. The van der Waals surface area contributed by atoms with Gasteiger partial charge in [0, 0.05) is 24.6 Å². The molecule has 142 valence electrons. The first-order valence-electron chi connectivity index (χ1n) is 9.01. The highest BCUT2D eigenvalue weighted by Gasteiger charge is 2.22. The minimum atomic E-state index is -0.0815. The Labute approximate surface area is 161 Å². The maximum atomic E-state index is 13.0. The van der Waals surface area contributed by atoms with Crippen LogP contribution in [-0.2, 0) is 28.9 Å². The number of methoxy groups -OCH3 is 1. The van der Waals surface area contributed by atoms with Gasteiger partial charge in [-0.1, -0.05) is 11.8 Å². The Morgan fingerprint density at radius 1 is 1.42 bits per heavy atom. The fraction of sp³-hybridized carbons (Fsp3) is 0.611. The maximum absolute atomic E-state index is 13.0. The van der Waals surface area contributed by atoms with Crippen molar-refractivity contribution in [3.05, 3.63) is 20.8 Å². The molecule has 26 heavy (non-hydrogen) atoms. The second-order valence-corrected chi connectivity index (χ2v) is 8.57. The molecule has 0 saturated heterocycles. The van der Waals surface area contributed by atoms with Crippen LogP contribution in [0.2, 0.25) is 0 Å². The molecule has 1 aliphatic rings. The largest absolute Gasteiger partial charge is 0.383 e. The van der Waals surface area contributed by atoms with Gasteiger partial charge in [-0.15, -0.1) is 11.3 Å². The third-order valence-corrected chi connectivity index (χ3v) is 6.67. The van der Waals surface area contributed by atoms with Crippen LogP contribution in [0.4, 0.5) is 0 Å². The highest BCUT2D eigenvalue weighted by Crippen LogP contribution is 2.34. The van der Waals surface area contributed by atoms with E-state index in [0.717, 1.165) is 29.5 Å². The van der Waals surface area contributed by atoms with Crippen LogP contribution in [-0.4, -0.2) is 41.0 Å². The molecule has 0 saturated carbocycles. The minimum absolute atomic E-state index is 0.0348. The predicted octanol–water partition coefficient (Wildman–Crippen LogP) is 2.60. The lowest BCUT2D eigenvalue weighted by Crippen LogP contribution is -2.36. The van der Waals surface area contributed by atoms with Gasteiger partial charge < -0.3 is 10.1 Å². The molecule has 2 aromatic rings. The summed E-state index contributed by atoms with van der Waals surface area (Å²) >= 11 is 2.96. The highest BCUT2D eigenvalue weighted by atomic mass is 32.2. The third-order valence-electron chi connectivity index (χ3n) is 4.51. The molecular formula is C18H25N3O3S2. The van der Waals surface area contributed by atoms with Crippen molar-refractivity contribution in [2.24, 2.45) is 0 Å². The molecular weight excluding hydrogens is 370 g/mol. The second-order valence-electron chi connectivity index (χ2n) is 6.55. The minimum Gasteiger partial charge on any atom is -0.383 e. The zero-order chi connectivity index (χ0) is 18.7. The molecule has 6 nitrogen and oxygen atoms in total. The van der Waals surface area contributed by atoms with Crippen LogP contribution < -0.4 is 10.9 Å². The Hall–Kier alpha value is -1.38. The van der Waals surface area contributed by atoms with E-state index in [-0.39, 0.29) is 23.3 Å². The Morgan fingerprint density at radius 2 is 2.19 bits per heavy atom. The van der Waals surface area contributed by atoms with Crippen molar-refractivity contribution in [2.75, 3.05) is 19.5 Å². The molecule has 0 aromatic carbocycles. The summed E-state index contributed by atoms with van der Waals surface area (Å²) in [4.78, 5) is 32.0. The molecule has 0 radical (unpaired) electrons. The van der Waals surface area contributed by atoms with Gasteiger partial charge in [-0.05, 0) is 45.1 Å². The highest BCUT2D eigenvalue weighted by molar-refractivity contribution is 7.99. The van der Waals surface area contributed by atoms with Crippen molar-refractivity contribution in [2.45, 2.75) is 57.3 Å². The SMILES string of the molecule is CCn1c(SCC(=O)NC(C)COC)nc2sc3c(c2c1=O)CCCC3. The smallest absolute Gasteiger partial charge is 0.263 e. The number of aromatic nitrogens is 2. The maximum Gasteiger partial charge on any atom is 0.263 e. The van der Waals surface area contributed by atoms with Crippen molar-refractivity contribution in [3.63, 3.8) is 0 Å². The topological polar surface area (TPSA) is 73.2 Å². The Morgan fingerprint density at radius 3 is 2.92 bits per heavy atom. The number of carbonyl (C=O) groups is 1.